The zero-order chi connectivity index (χ0) is 3.41. The average Bonchev–Trinajstić information content (AvgIpc) is 1.37. The fourth-order valence-electron chi connectivity index (χ4n) is 0. The predicted octanol–water partition coefficient (Wildman–Crippen LogP) is 0.593. The van der Waals surface area contributed by atoms with Crippen LogP contribution in [0.25, 0.3) is 0 Å². The van der Waals surface area contributed by atoms with Gasteiger partial charge in [-0.3, -0.25) is 0 Å². The molecule has 0 heterocycles. The molecule has 33 valence electrons. The number of aldehydes is 1. The molecule has 0 spiro atoms. The maximum absolute atomic E-state index is 9.17. The molecule has 0 amide bonds. The maximum Gasteiger partial charge on any atom is 0.119 e. The Bertz CT molecular complexity index is 20.9. The molecule has 0 aliphatic carbocycles. The second kappa shape index (κ2) is 8.90. The van der Waals surface area contributed by atoms with Crippen LogP contribution in [0.2, 0.25) is 0 Å². The monoisotopic (exact) mass is 117 g/mol. The summed E-state index contributed by atoms with van der Waals surface area (Å²) in [5, 5.41) is 0. The van der Waals surface area contributed by atoms with Crippen LogP contribution in [-0.4, -0.2) is 6.29 Å². The average molecular weight is 117 g/mol. The Morgan fingerprint density at radius 1 is 1.80 bits per heavy atom. The van der Waals surface area contributed by atoms with E-state index in [0.717, 1.165) is 6.29 Å². The first-order valence-corrected chi connectivity index (χ1v) is 1.35. The predicted molar refractivity (Wildman–Crippen MR) is 16.4 cm³/mol. The van der Waals surface area contributed by atoms with E-state index in [9.17, 15) is 4.79 Å². The van der Waals surface area contributed by atoms with Gasteiger partial charge in [-0.05, 0) is 0 Å². The number of hydrogen-bond acceptors (Lipinski definition) is 1. The van der Waals surface area contributed by atoms with E-state index >= 15 is 0 Å². The first-order chi connectivity index (χ1) is 1.91. The van der Waals surface area contributed by atoms with Crippen molar-refractivity contribution in [3.63, 3.8) is 0 Å². The summed E-state index contributed by atoms with van der Waals surface area (Å²) in [6.45, 7) is 1.81. The van der Waals surface area contributed by atoms with Gasteiger partial charge in [-0.15, -0.1) is 0 Å². The smallest absolute Gasteiger partial charge is 0.119 e. The summed E-state index contributed by atoms with van der Waals surface area (Å²) in [6.07, 6.45) is 1.51. The van der Waals surface area contributed by atoms with Gasteiger partial charge in [-0.2, -0.15) is 0 Å². The summed E-state index contributed by atoms with van der Waals surface area (Å²) < 4.78 is 0. The van der Waals surface area contributed by atoms with Gasteiger partial charge in [0.2, 0.25) is 0 Å². The zero-order valence-electron chi connectivity index (χ0n) is 3.03. The molecule has 0 aliphatic rings. The minimum atomic E-state index is 0. The molecule has 1 radical (unpaired) electrons. The summed E-state index contributed by atoms with van der Waals surface area (Å²) in [6, 6.07) is 0. The Morgan fingerprint density at radius 2 is 2.00 bits per heavy atom. The third-order valence-corrected chi connectivity index (χ3v) is 0.167. The molecule has 0 fully saturated rings. The summed E-state index contributed by atoms with van der Waals surface area (Å²) in [5.41, 5.74) is 0. The fourth-order valence-corrected chi connectivity index (χ4v) is 0. The summed E-state index contributed by atoms with van der Waals surface area (Å²) in [5.74, 6) is 0. The molecule has 0 rings (SSSR count). The molecule has 2 heteroatoms. The van der Waals surface area contributed by atoms with E-state index < -0.39 is 0 Å². The topological polar surface area (TPSA) is 17.1 Å². The van der Waals surface area contributed by atoms with Crippen molar-refractivity contribution in [2.45, 2.75) is 13.3 Å². The fraction of sp³-hybridized carbons (Fsp3) is 0.667. The first kappa shape index (κ1) is 8.95. The van der Waals surface area contributed by atoms with E-state index in [2.05, 4.69) is 0 Å². The molecule has 0 N–H and O–H groups in total. The van der Waals surface area contributed by atoms with Crippen molar-refractivity contribution in [3.05, 3.63) is 0 Å². The van der Waals surface area contributed by atoms with Gasteiger partial charge in [0, 0.05) is 23.2 Å². The third-order valence-electron chi connectivity index (χ3n) is 0.167. The summed E-state index contributed by atoms with van der Waals surface area (Å²) in [4.78, 5) is 9.17. The van der Waals surface area contributed by atoms with Crippen LogP contribution in [0.1, 0.15) is 13.3 Å². The Hall–Kier alpha value is 0.176. The van der Waals surface area contributed by atoms with Crippen LogP contribution in [-0.2, 0) is 21.6 Å². The molecule has 0 aliphatic heterocycles. The number of carbonyl (C=O) groups is 1. The quantitative estimate of drug-likeness (QED) is 0.459. The van der Waals surface area contributed by atoms with Gasteiger partial charge in [0.25, 0.3) is 0 Å². The molecule has 0 bridgehead atoms. The van der Waals surface area contributed by atoms with E-state index in [1.54, 1.807) is 0 Å². The van der Waals surface area contributed by atoms with Crippen molar-refractivity contribution in [3.8, 4) is 0 Å². The Morgan fingerprint density at radius 3 is 2.00 bits per heavy atom. The number of carbonyl (C=O) groups excluding carboxylic acids is 1. The van der Waals surface area contributed by atoms with E-state index in [1.807, 2.05) is 6.92 Å². The van der Waals surface area contributed by atoms with Crippen LogP contribution in [0.3, 0.4) is 0 Å². The van der Waals surface area contributed by atoms with Crippen LogP contribution in [0, 0.1) is 0 Å². The Labute approximate surface area is 42.0 Å². The van der Waals surface area contributed by atoms with E-state index in [1.165, 1.54) is 0 Å². The summed E-state index contributed by atoms with van der Waals surface area (Å²) in [7, 11) is 0. The van der Waals surface area contributed by atoms with Gasteiger partial charge >= 0.3 is 0 Å². The van der Waals surface area contributed by atoms with Crippen LogP contribution in [0.15, 0.2) is 0 Å². The van der Waals surface area contributed by atoms with Gasteiger partial charge in [-0.25, -0.2) is 0 Å². The minimum Gasteiger partial charge on any atom is -0.303 e. The maximum atomic E-state index is 9.17. The molecular formula is C3H6CoO. The van der Waals surface area contributed by atoms with E-state index in [0.29, 0.717) is 6.42 Å². The van der Waals surface area contributed by atoms with Gasteiger partial charge in [0.05, 0.1) is 0 Å². The molecular weight excluding hydrogens is 111 g/mol. The van der Waals surface area contributed by atoms with Gasteiger partial charge in [0.1, 0.15) is 6.29 Å². The Balaban J connectivity index is 0. The first-order valence-electron chi connectivity index (χ1n) is 1.35. The molecule has 0 atom stereocenters. The van der Waals surface area contributed by atoms with Crippen LogP contribution >= 0.6 is 0 Å². The molecule has 5 heavy (non-hydrogen) atoms. The SMILES string of the molecule is CCC=O.[Co]. The number of rotatable bonds is 1. The van der Waals surface area contributed by atoms with Crippen molar-refractivity contribution >= 4 is 6.29 Å². The third kappa shape index (κ3) is 14.3. The molecule has 0 saturated heterocycles. The van der Waals surface area contributed by atoms with Crippen molar-refractivity contribution in [1.29, 1.82) is 0 Å². The molecule has 0 unspecified atom stereocenters. The van der Waals surface area contributed by atoms with E-state index in [4.69, 9.17) is 0 Å². The minimum absolute atomic E-state index is 0. The molecule has 0 aromatic carbocycles. The zero-order valence-corrected chi connectivity index (χ0v) is 4.07. The second-order valence-corrected chi connectivity index (χ2v) is 0.575. The van der Waals surface area contributed by atoms with Crippen molar-refractivity contribution in [2.24, 2.45) is 0 Å². The largest absolute Gasteiger partial charge is 0.303 e. The van der Waals surface area contributed by atoms with Crippen molar-refractivity contribution in [2.75, 3.05) is 0 Å². The van der Waals surface area contributed by atoms with Crippen molar-refractivity contribution < 1.29 is 21.6 Å². The van der Waals surface area contributed by atoms with Crippen molar-refractivity contribution in [1.82, 2.24) is 0 Å². The van der Waals surface area contributed by atoms with Gasteiger partial charge in [-0.1, -0.05) is 6.92 Å². The second-order valence-electron chi connectivity index (χ2n) is 0.575. The van der Waals surface area contributed by atoms with Crippen LogP contribution < -0.4 is 0 Å². The van der Waals surface area contributed by atoms with Gasteiger partial charge in [0.15, 0.2) is 0 Å². The molecule has 0 aromatic rings. The Kier molecular flexibility index (Phi) is 15.9. The van der Waals surface area contributed by atoms with Crippen LogP contribution in [0.5, 0.6) is 0 Å². The molecule has 0 saturated carbocycles. The summed E-state index contributed by atoms with van der Waals surface area (Å²) >= 11 is 0. The molecule has 1 nitrogen and oxygen atoms in total. The normalized spacial score (nSPS) is 5.00. The molecule has 0 aromatic heterocycles. The van der Waals surface area contributed by atoms with Crippen LogP contribution in [0.4, 0.5) is 0 Å². The number of hydrogen-bond donors (Lipinski definition) is 0. The van der Waals surface area contributed by atoms with E-state index in [-0.39, 0.29) is 16.8 Å². The van der Waals surface area contributed by atoms with Gasteiger partial charge < -0.3 is 4.79 Å². The standard InChI is InChI=1S/C3H6O.Co/c1-2-3-4;/h3H,2H2,1H3;.